The van der Waals surface area contributed by atoms with Gasteiger partial charge in [0, 0.05) is 34.4 Å². The van der Waals surface area contributed by atoms with Crippen molar-refractivity contribution in [3.63, 3.8) is 0 Å². The smallest absolute Gasteiger partial charge is 0.0249 e. The molecular weight excluding hydrogens is 206 g/mol. The number of hydrogen-bond donors (Lipinski definition) is 1. The molecule has 3 heteroatoms. The fourth-order valence-electron chi connectivity index (χ4n) is 2.46. The molecule has 1 N–H and O–H groups in total. The highest BCUT2D eigenvalue weighted by Gasteiger charge is 2.21. The molecule has 1 aliphatic rings. The fourth-order valence-corrected chi connectivity index (χ4v) is 3.76. The van der Waals surface area contributed by atoms with Crippen LogP contribution in [0.2, 0.25) is 0 Å². The summed E-state index contributed by atoms with van der Waals surface area (Å²) in [4.78, 5) is 0. The van der Waals surface area contributed by atoms with E-state index in [9.17, 15) is 4.21 Å². The maximum Gasteiger partial charge on any atom is 0.0249 e. The van der Waals surface area contributed by atoms with Gasteiger partial charge in [0.1, 0.15) is 0 Å². The van der Waals surface area contributed by atoms with E-state index in [0.717, 1.165) is 30.3 Å². The van der Waals surface area contributed by atoms with Crippen LogP contribution in [0.1, 0.15) is 46.5 Å². The van der Waals surface area contributed by atoms with Crippen molar-refractivity contribution < 1.29 is 4.21 Å². The zero-order chi connectivity index (χ0) is 11.3. The lowest BCUT2D eigenvalue weighted by Crippen LogP contribution is -2.43. The first-order chi connectivity index (χ1) is 7.17. The molecule has 1 heterocycles. The van der Waals surface area contributed by atoms with Crippen molar-refractivity contribution in [1.29, 1.82) is 0 Å². The van der Waals surface area contributed by atoms with E-state index in [4.69, 9.17) is 0 Å². The van der Waals surface area contributed by atoms with Gasteiger partial charge in [-0.15, -0.1) is 0 Å². The minimum absolute atomic E-state index is 0.530. The highest BCUT2D eigenvalue weighted by Crippen LogP contribution is 2.16. The summed E-state index contributed by atoms with van der Waals surface area (Å²) < 4.78 is 11.2. The van der Waals surface area contributed by atoms with Crippen molar-refractivity contribution in [3.05, 3.63) is 0 Å². The molecule has 0 bridgehead atoms. The molecule has 0 amide bonds. The Morgan fingerprint density at radius 2 is 1.80 bits per heavy atom. The molecule has 1 rings (SSSR count). The molecule has 1 saturated heterocycles. The van der Waals surface area contributed by atoms with Crippen molar-refractivity contribution >= 4 is 10.8 Å². The van der Waals surface area contributed by atoms with E-state index >= 15 is 0 Å². The normalized spacial score (nSPS) is 29.3. The van der Waals surface area contributed by atoms with E-state index in [-0.39, 0.29) is 0 Å². The Bertz CT molecular complexity index is 194. The summed E-state index contributed by atoms with van der Waals surface area (Å²) >= 11 is 0. The van der Waals surface area contributed by atoms with Gasteiger partial charge in [0.15, 0.2) is 0 Å². The average Bonchev–Trinajstić information content (AvgIpc) is 2.23. The zero-order valence-electron chi connectivity index (χ0n) is 10.3. The summed E-state index contributed by atoms with van der Waals surface area (Å²) in [6.07, 6.45) is 4.70. The van der Waals surface area contributed by atoms with Gasteiger partial charge in [0.25, 0.3) is 0 Å². The van der Waals surface area contributed by atoms with Crippen LogP contribution in [0, 0.1) is 5.92 Å². The van der Waals surface area contributed by atoms with E-state index in [1.165, 1.54) is 12.8 Å². The van der Waals surface area contributed by atoms with E-state index in [1.54, 1.807) is 0 Å². The first-order valence-corrected chi connectivity index (χ1v) is 7.77. The number of hydrogen-bond acceptors (Lipinski definition) is 2. The van der Waals surface area contributed by atoms with E-state index in [1.807, 2.05) is 0 Å². The quantitative estimate of drug-likeness (QED) is 0.787. The second kappa shape index (κ2) is 6.64. The largest absolute Gasteiger partial charge is 0.311 e. The van der Waals surface area contributed by atoms with Gasteiger partial charge in [-0.3, -0.25) is 4.21 Å². The Hall–Kier alpha value is 0.110. The summed E-state index contributed by atoms with van der Waals surface area (Å²) in [7, 11) is -0.530. The third-order valence-electron chi connectivity index (χ3n) is 3.64. The van der Waals surface area contributed by atoms with Gasteiger partial charge in [-0.2, -0.15) is 0 Å². The topological polar surface area (TPSA) is 29.1 Å². The maximum absolute atomic E-state index is 11.2. The van der Waals surface area contributed by atoms with Gasteiger partial charge in [0.05, 0.1) is 0 Å². The van der Waals surface area contributed by atoms with Crippen molar-refractivity contribution in [3.8, 4) is 0 Å². The van der Waals surface area contributed by atoms with Crippen molar-refractivity contribution in [2.75, 3.05) is 11.5 Å². The van der Waals surface area contributed by atoms with E-state index in [0.29, 0.717) is 12.1 Å². The van der Waals surface area contributed by atoms with Crippen LogP contribution >= 0.6 is 0 Å². The first-order valence-electron chi connectivity index (χ1n) is 6.28. The molecule has 0 aliphatic carbocycles. The highest BCUT2D eigenvalue weighted by atomic mass is 32.2. The second-order valence-electron chi connectivity index (χ2n) is 4.65. The zero-order valence-corrected chi connectivity index (χ0v) is 11.1. The lowest BCUT2D eigenvalue weighted by molar-refractivity contribution is 0.311. The molecule has 1 fully saturated rings. The van der Waals surface area contributed by atoms with Crippen LogP contribution in [-0.4, -0.2) is 27.8 Å². The van der Waals surface area contributed by atoms with Crippen molar-refractivity contribution in [2.45, 2.75) is 58.5 Å². The molecule has 1 atom stereocenters. The predicted molar refractivity (Wildman–Crippen MR) is 67.6 cm³/mol. The molecule has 0 radical (unpaired) electrons. The fraction of sp³-hybridized carbons (Fsp3) is 1.00. The summed E-state index contributed by atoms with van der Waals surface area (Å²) in [5.74, 6) is 2.58. The molecule has 0 spiro atoms. The van der Waals surface area contributed by atoms with Crippen LogP contribution in [0.25, 0.3) is 0 Å². The van der Waals surface area contributed by atoms with Gasteiger partial charge >= 0.3 is 0 Å². The molecule has 0 aromatic heterocycles. The molecule has 0 aromatic carbocycles. The Morgan fingerprint density at radius 1 is 1.27 bits per heavy atom. The third kappa shape index (κ3) is 4.23. The second-order valence-corrected chi connectivity index (χ2v) is 6.35. The first kappa shape index (κ1) is 13.2. The Kier molecular flexibility index (Phi) is 5.83. The molecule has 90 valence electrons. The molecule has 1 unspecified atom stereocenters. The summed E-state index contributed by atoms with van der Waals surface area (Å²) in [5, 5.41) is 3.71. The molecule has 0 aromatic rings. The van der Waals surface area contributed by atoms with Crippen molar-refractivity contribution in [1.82, 2.24) is 5.32 Å². The summed E-state index contributed by atoms with van der Waals surface area (Å²) in [6, 6.07) is 1.22. The van der Waals surface area contributed by atoms with Crippen molar-refractivity contribution in [2.24, 2.45) is 5.92 Å². The minimum atomic E-state index is -0.530. The summed E-state index contributed by atoms with van der Waals surface area (Å²) in [6.45, 7) is 6.83. The number of nitrogens with one attached hydrogen (secondary N) is 1. The van der Waals surface area contributed by atoms with Gasteiger partial charge in [-0.05, 0) is 25.7 Å². The van der Waals surface area contributed by atoms with Gasteiger partial charge < -0.3 is 5.32 Å². The highest BCUT2D eigenvalue weighted by molar-refractivity contribution is 7.85. The molecule has 1 aliphatic heterocycles. The monoisotopic (exact) mass is 231 g/mol. The standard InChI is InChI=1S/C12H25NOS/c1-4-11(5-2)10(3)13-12-6-8-15(14)9-7-12/h10-13H,4-9H2,1-3H3. The van der Waals surface area contributed by atoms with Crippen LogP contribution in [0.4, 0.5) is 0 Å². The Balaban J connectivity index is 2.31. The van der Waals surface area contributed by atoms with Crippen LogP contribution in [0.15, 0.2) is 0 Å². The van der Waals surface area contributed by atoms with E-state index in [2.05, 4.69) is 26.1 Å². The predicted octanol–water partition coefficient (Wildman–Crippen LogP) is 2.31. The molecular formula is C12H25NOS. The molecule has 15 heavy (non-hydrogen) atoms. The lowest BCUT2D eigenvalue weighted by Gasteiger charge is -2.30. The summed E-state index contributed by atoms with van der Waals surface area (Å²) in [5.41, 5.74) is 0. The Labute approximate surface area is 96.7 Å². The third-order valence-corrected chi connectivity index (χ3v) is 5.02. The molecule has 0 saturated carbocycles. The van der Waals surface area contributed by atoms with Crippen LogP contribution in [0.5, 0.6) is 0 Å². The average molecular weight is 231 g/mol. The minimum Gasteiger partial charge on any atom is -0.311 e. The SMILES string of the molecule is CCC(CC)C(C)NC1CCS(=O)CC1. The Morgan fingerprint density at radius 3 is 2.27 bits per heavy atom. The van der Waals surface area contributed by atoms with Gasteiger partial charge in [0.2, 0.25) is 0 Å². The van der Waals surface area contributed by atoms with Crippen LogP contribution in [-0.2, 0) is 10.8 Å². The molecule has 2 nitrogen and oxygen atoms in total. The van der Waals surface area contributed by atoms with Crippen LogP contribution in [0.3, 0.4) is 0 Å². The van der Waals surface area contributed by atoms with Gasteiger partial charge in [-0.25, -0.2) is 0 Å². The number of rotatable bonds is 5. The lowest BCUT2D eigenvalue weighted by atomic mass is 9.94. The van der Waals surface area contributed by atoms with Crippen LogP contribution < -0.4 is 5.32 Å². The van der Waals surface area contributed by atoms with Gasteiger partial charge in [-0.1, -0.05) is 26.7 Å². The van der Waals surface area contributed by atoms with E-state index < -0.39 is 10.8 Å². The maximum atomic E-state index is 11.2.